The Kier molecular flexibility index (Phi) is 11.8. The van der Waals surface area contributed by atoms with Crippen molar-refractivity contribution in [2.75, 3.05) is 30.6 Å². The third kappa shape index (κ3) is 9.89. The Morgan fingerprint density at radius 1 is 0.949 bits per heavy atom. The molecule has 1 saturated carbocycles. The maximum atomic E-state index is 13.1. The molecule has 2 amide bonds. The summed E-state index contributed by atoms with van der Waals surface area (Å²) in [6, 6.07) is 15.7. The molecular formula is C29H43ClN4O4S. The number of sulfonamides is 1. The molecule has 39 heavy (non-hydrogen) atoms. The number of piperidine rings is 1. The SMILES string of the molecule is CCCN(C(=O)NC1CCCCC1)C1CCN(Cc2ccc(Oc3ccc(NS(C)(=O)=O)cc3)cc2)CC1.Cl. The van der Waals surface area contributed by atoms with Crippen LogP contribution in [0.2, 0.25) is 0 Å². The van der Waals surface area contributed by atoms with Crippen molar-refractivity contribution in [2.45, 2.75) is 76.9 Å². The van der Waals surface area contributed by atoms with Crippen LogP contribution in [0.5, 0.6) is 11.5 Å². The van der Waals surface area contributed by atoms with Crippen molar-refractivity contribution in [3.8, 4) is 11.5 Å². The average molecular weight is 579 g/mol. The lowest BCUT2D eigenvalue weighted by Gasteiger charge is -2.39. The molecule has 1 aliphatic carbocycles. The van der Waals surface area contributed by atoms with E-state index in [4.69, 9.17) is 4.74 Å². The predicted octanol–water partition coefficient (Wildman–Crippen LogP) is 5.99. The number of benzene rings is 2. The van der Waals surface area contributed by atoms with E-state index in [1.165, 1.54) is 24.8 Å². The molecule has 10 heteroatoms. The number of rotatable bonds is 10. The summed E-state index contributed by atoms with van der Waals surface area (Å²) in [5.74, 6) is 1.37. The van der Waals surface area contributed by atoms with Crippen molar-refractivity contribution in [1.29, 1.82) is 0 Å². The van der Waals surface area contributed by atoms with E-state index in [0.717, 1.165) is 70.3 Å². The van der Waals surface area contributed by atoms with Crippen LogP contribution < -0.4 is 14.8 Å². The molecule has 0 unspecified atom stereocenters. The second-order valence-corrected chi connectivity index (χ2v) is 12.4. The van der Waals surface area contributed by atoms with Gasteiger partial charge in [-0.1, -0.05) is 38.3 Å². The highest BCUT2D eigenvalue weighted by Gasteiger charge is 2.29. The van der Waals surface area contributed by atoms with Gasteiger partial charge in [0, 0.05) is 44.0 Å². The monoisotopic (exact) mass is 578 g/mol. The lowest BCUT2D eigenvalue weighted by atomic mass is 9.95. The molecule has 216 valence electrons. The molecule has 2 aliphatic rings. The summed E-state index contributed by atoms with van der Waals surface area (Å²) in [6.45, 7) is 5.80. The van der Waals surface area contributed by atoms with Gasteiger partial charge in [-0.25, -0.2) is 13.2 Å². The van der Waals surface area contributed by atoms with Gasteiger partial charge in [0.15, 0.2) is 0 Å². The second kappa shape index (κ2) is 14.8. The van der Waals surface area contributed by atoms with Gasteiger partial charge in [-0.05, 0) is 74.1 Å². The molecule has 0 radical (unpaired) electrons. The van der Waals surface area contributed by atoms with Crippen LogP contribution in [0.25, 0.3) is 0 Å². The molecule has 1 aliphatic heterocycles. The zero-order chi connectivity index (χ0) is 27.0. The van der Waals surface area contributed by atoms with Crippen LogP contribution >= 0.6 is 12.4 Å². The van der Waals surface area contributed by atoms with E-state index in [2.05, 4.69) is 38.9 Å². The molecule has 0 aromatic heterocycles. The van der Waals surface area contributed by atoms with Crippen LogP contribution in [0, 0.1) is 0 Å². The zero-order valence-corrected chi connectivity index (χ0v) is 24.7. The van der Waals surface area contributed by atoms with Crippen molar-refractivity contribution >= 4 is 34.1 Å². The first-order valence-electron chi connectivity index (χ1n) is 13.9. The summed E-state index contributed by atoms with van der Waals surface area (Å²) in [4.78, 5) is 17.6. The fraction of sp³-hybridized carbons (Fsp3) is 0.552. The number of carbonyl (C=O) groups is 1. The largest absolute Gasteiger partial charge is 0.457 e. The van der Waals surface area contributed by atoms with E-state index in [-0.39, 0.29) is 18.4 Å². The van der Waals surface area contributed by atoms with Gasteiger partial charge < -0.3 is 15.0 Å². The van der Waals surface area contributed by atoms with Crippen LogP contribution in [0.3, 0.4) is 0 Å². The first-order chi connectivity index (χ1) is 18.3. The van der Waals surface area contributed by atoms with Crippen LogP contribution in [-0.4, -0.2) is 62.2 Å². The van der Waals surface area contributed by atoms with Gasteiger partial charge >= 0.3 is 6.03 Å². The number of urea groups is 1. The number of likely N-dealkylation sites (tertiary alicyclic amines) is 1. The summed E-state index contributed by atoms with van der Waals surface area (Å²) in [7, 11) is -3.30. The number of ether oxygens (including phenoxy) is 1. The molecule has 2 fully saturated rings. The van der Waals surface area contributed by atoms with Gasteiger partial charge in [-0.3, -0.25) is 9.62 Å². The van der Waals surface area contributed by atoms with Gasteiger partial charge in [0.1, 0.15) is 11.5 Å². The molecule has 8 nitrogen and oxygen atoms in total. The molecule has 1 heterocycles. The van der Waals surface area contributed by atoms with Crippen molar-refractivity contribution in [3.63, 3.8) is 0 Å². The Bertz CT molecular complexity index is 1130. The molecule has 0 spiro atoms. The zero-order valence-electron chi connectivity index (χ0n) is 23.1. The average Bonchev–Trinajstić information content (AvgIpc) is 2.90. The van der Waals surface area contributed by atoms with Crippen molar-refractivity contribution in [3.05, 3.63) is 54.1 Å². The van der Waals surface area contributed by atoms with Gasteiger partial charge in [0.05, 0.1) is 6.26 Å². The van der Waals surface area contributed by atoms with Crippen molar-refractivity contribution < 1.29 is 17.9 Å². The van der Waals surface area contributed by atoms with Crippen LogP contribution in [0.1, 0.15) is 63.9 Å². The number of hydrogen-bond acceptors (Lipinski definition) is 5. The predicted molar refractivity (Wildman–Crippen MR) is 159 cm³/mol. The van der Waals surface area contributed by atoms with Gasteiger partial charge in [0.25, 0.3) is 0 Å². The molecule has 2 aromatic carbocycles. The van der Waals surface area contributed by atoms with Gasteiger partial charge in [-0.15, -0.1) is 12.4 Å². The Morgan fingerprint density at radius 3 is 2.10 bits per heavy atom. The van der Waals surface area contributed by atoms with Gasteiger partial charge in [-0.2, -0.15) is 0 Å². The standard InChI is InChI=1S/C29H42N4O4S.ClH/c1-3-19-33(29(34)30-24-7-5-4-6-8-24)26-17-20-32(21-18-26)22-23-9-13-27(14-10-23)37-28-15-11-25(12-16-28)31-38(2,35)36;/h9-16,24,26,31H,3-8,17-22H2,1-2H3,(H,30,34);1H. The van der Waals surface area contributed by atoms with Crippen LogP contribution in [-0.2, 0) is 16.6 Å². The highest BCUT2D eigenvalue weighted by molar-refractivity contribution is 7.92. The number of nitrogens with one attached hydrogen (secondary N) is 2. The highest BCUT2D eigenvalue weighted by atomic mass is 35.5. The Morgan fingerprint density at radius 2 is 1.54 bits per heavy atom. The minimum Gasteiger partial charge on any atom is -0.457 e. The number of nitrogens with zero attached hydrogens (tertiary/aromatic N) is 2. The summed E-state index contributed by atoms with van der Waals surface area (Å²) in [6.07, 6.45) is 10.1. The Labute approximate surface area is 239 Å². The number of amides is 2. The maximum Gasteiger partial charge on any atom is 0.317 e. The van der Waals surface area contributed by atoms with E-state index in [9.17, 15) is 13.2 Å². The van der Waals surface area contributed by atoms with Crippen molar-refractivity contribution in [2.24, 2.45) is 0 Å². The molecular weight excluding hydrogens is 536 g/mol. The first-order valence-corrected chi connectivity index (χ1v) is 15.8. The lowest BCUT2D eigenvalue weighted by Crippen LogP contribution is -2.53. The molecule has 2 aromatic rings. The molecule has 0 atom stereocenters. The lowest BCUT2D eigenvalue weighted by molar-refractivity contribution is 0.114. The first kappa shape index (κ1) is 31.0. The minimum absolute atomic E-state index is 0. The molecule has 1 saturated heterocycles. The number of halogens is 1. The minimum atomic E-state index is -3.30. The fourth-order valence-corrected chi connectivity index (χ4v) is 6.01. The number of hydrogen-bond donors (Lipinski definition) is 2. The molecule has 4 rings (SSSR count). The Balaban J connectivity index is 0.00000420. The molecule has 0 bridgehead atoms. The van der Waals surface area contributed by atoms with E-state index >= 15 is 0 Å². The normalized spacial score (nSPS) is 17.2. The second-order valence-electron chi connectivity index (χ2n) is 10.6. The van der Waals surface area contributed by atoms with Crippen molar-refractivity contribution in [1.82, 2.24) is 15.1 Å². The third-order valence-electron chi connectivity index (χ3n) is 7.38. The number of carbonyl (C=O) groups excluding carboxylic acids is 1. The summed E-state index contributed by atoms with van der Waals surface area (Å²) < 4.78 is 31.1. The van der Waals surface area contributed by atoms with Crippen LogP contribution in [0.4, 0.5) is 10.5 Å². The summed E-state index contributed by atoms with van der Waals surface area (Å²) in [5.41, 5.74) is 1.73. The van der Waals surface area contributed by atoms with E-state index < -0.39 is 10.0 Å². The Hall–Kier alpha value is -2.49. The fourth-order valence-electron chi connectivity index (χ4n) is 5.45. The quantitative estimate of drug-likeness (QED) is 0.361. The van der Waals surface area contributed by atoms with E-state index in [1.54, 1.807) is 24.3 Å². The maximum absolute atomic E-state index is 13.1. The topological polar surface area (TPSA) is 91.0 Å². The smallest absolute Gasteiger partial charge is 0.317 e. The highest BCUT2D eigenvalue weighted by Crippen LogP contribution is 2.25. The van der Waals surface area contributed by atoms with Crippen LogP contribution in [0.15, 0.2) is 48.5 Å². The summed E-state index contributed by atoms with van der Waals surface area (Å²) in [5, 5.41) is 3.32. The third-order valence-corrected chi connectivity index (χ3v) is 7.99. The van der Waals surface area contributed by atoms with E-state index in [0.29, 0.717) is 23.5 Å². The number of anilines is 1. The van der Waals surface area contributed by atoms with Gasteiger partial charge in [0.2, 0.25) is 10.0 Å². The molecule has 2 N–H and O–H groups in total. The van der Waals surface area contributed by atoms with E-state index in [1.807, 2.05) is 12.1 Å². The summed E-state index contributed by atoms with van der Waals surface area (Å²) >= 11 is 0.